The Morgan fingerprint density at radius 2 is 1.69 bits per heavy atom. The summed E-state index contributed by atoms with van der Waals surface area (Å²) in [4.78, 5) is 12.7. The van der Waals surface area contributed by atoms with E-state index in [0.717, 1.165) is 5.56 Å². The van der Waals surface area contributed by atoms with Crippen molar-refractivity contribution in [2.24, 2.45) is 0 Å². The van der Waals surface area contributed by atoms with Gasteiger partial charge in [0.2, 0.25) is 0 Å². The number of hydrogen-bond acceptors (Lipinski definition) is 7. The van der Waals surface area contributed by atoms with Gasteiger partial charge in [-0.1, -0.05) is 30.9 Å². The Morgan fingerprint density at radius 1 is 1.00 bits per heavy atom. The van der Waals surface area contributed by atoms with Gasteiger partial charge in [-0.3, -0.25) is 4.79 Å². The predicted octanol–water partition coefficient (Wildman–Crippen LogP) is 3.82. The Bertz CT molecular complexity index is 841. The van der Waals surface area contributed by atoms with Gasteiger partial charge in [0.05, 0.1) is 0 Å². The van der Waals surface area contributed by atoms with Crippen molar-refractivity contribution in [2.75, 3.05) is 34.4 Å². The molecule has 0 radical (unpaired) electrons. The number of phenols is 1. The van der Waals surface area contributed by atoms with E-state index in [1.54, 1.807) is 24.3 Å². The van der Waals surface area contributed by atoms with Crippen molar-refractivity contribution >= 4 is 11.9 Å². The smallest absolute Gasteiger partial charge is 0.193 e. The Hall–Kier alpha value is -3.29. The highest BCUT2D eigenvalue weighted by Crippen LogP contribution is 2.34. The van der Waals surface area contributed by atoms with Gasteiger partial charge in [-0.05, 0) is 23.8 Å². The molecule has 29 heavy (non-hydrogen) atoms. The average molecular weight is 400 g/mol. The second kappa shape index (κ2) is 11.5. The van der Waals surface area contributed by atoms with E-state index in [9.17, 15) is 9.90 Å². The summed E-state index contributed by atoms with van der Waals surface area (Å²) in [7, 11) is 2.93. The number of phenolic OH excluding ortho intramolecular Hbond substituents is 1. The van der Waals surface area contributed by atoms with Crippen LogP contribution >= 0.6 is 0 Å². The van der Waals surface area contributed by atoms with Crippen LogP contribution in [0.2, 0.25) is 0 Å². The van der Waals surface area contributed by atoms with Crippen LogP contribution in [0.1, 0.15) is 15.9 Å². The molecule has 2 rings (SSSR count). The van der Waals surface area contributed by atoms with E-state index in [0.29, 0.717) is 18.1 Å². The summed E-state index contributed by atoms with van der Waals surface area (Å²) in [5.41, 5.74) is 0.803. The highest BCUT2D eigenvalue weighted by molar-refractivity contribution is 6.10. The van der Waals surface area contributed by atoms with Gasteiger partial charge in [0.1, 0.15) is 35.2 Å². The van der Waals surface area contributed by atoms with E-state index in [1.807, 2.05) is 12.1 Å². The number of ketones is 1. The SMILES string of the molecule is C=CCOc1ccc(C=CC(=O)c2c(O)cc(OCOC)cc2OCOC)cc1. The Kier molecular flexibility index (Phi) is 8.75. The van der Waals surface area contributed by atoms with Gasteiger partial charge < -0.3 is 28.8 Å². The highest BCUT2D eigenvalue weighted by atomic mass is 16.7. The molecule has 2 aromatic carbocycles. The first-order valence-electron chi connectivity index (χ1n) is 8.75. The fourth-order valence-electron chi connectivity index (χ4n) is 2.36. The lowest BCUT2D eigenvalue weighted by Gasteiger charge is -2.13. The molecule has 0 aromatic heterocycles. The quantitative estimate of drug-likeness (QED) is 0.251. The van der Waals surface area contributed by atoms with Gasteiger partial charge in [-0.2, -0.15) is 0 Å². The lowest BCUT2D eigenvalue weighted by atomic mass is 10.1. The minimum atomic E-state index is -0.432. The zero-order valence-electron chi connectivity index (χ0n) is 16.4. The summed E-state index contributed by atoms with van der Waals surface area (Å²) in [6.07, 6.45) is 4.65. The fraction of sp³-hybridized carbons (Fsp3) is 0.227. The summed E-state index contributed by atoms with van der Waals surface area (Å²) in [5, 5.41) is 10.3. The predicted molar refractivity (Wildman–Crippen MR) is 109 cm³/mol. The number of methoxy groups -OCH3 is 2. The van der Waals surface area contributed by atoms with Gasteiger partial charge >= 0.3 is 0 Å². The monoisotopic (exact) mass is 400 g/mol. The van der Waals surface area contributed by atoms with Crippen molar-refractivity contribution in [3.8, 4) is 23.0 Å². The first-order chi connectivity index (χ1) is 14.1. The first-order valence-corrected chi connectivity index (χ1v) is 8.75. The van der Waals surface area contributed by atoms with Crippen molar-refractivity contribution in [2.45, 2.75) is 0 Å². The van der Waals surface area contributed by atoms with Crippen LogP contribution in [0.4, 0.5) is 0 Å². The second-order valence-electron chi connectivity index (χ2n) is 5.78. The molecule has 0 bridgehead atoms. The van der Waals surface area contributed by atoms with E-state index in [1.165, 1.54) is 32.4 Å². The van der Waals surface area contributed by atoms with Gasteiger partial charge in [0.25, 0.3) is 0 Å². The molecular weight excluding hydrogens is 376 g/mol. The molecule has 0 heterocycles. The minimum absolute atomic E-state index is 0.00834. The molecule has 0 fully saturated rings. The Morgan fingerprint density at radius 3 is 2.34 bits per heavy atom. The van der Waals surface area contributed by atoms with E-state index >= 15 is 0 Å². The molecule has 2 aromatic rings. The van der Waals surface area contributed by atoms with Crippen molar-refractivity contribution in [1.29, 1.82) is 0 Å². The lowest BCUT2D eigenvalue weighted by molar-refractivity contribution is 0.0453. The van der Waals surface area contributed by atoms with Crippen LogP contribution in [0.25, 0.3) is 6.08 Å². The largest absolute Gasteiger partial charge is 0.507 e. The molecule has 0 aliphatic heterocycles. The number of rotatable bonds is 12. The highest BCUT2D eigenvalue weighted by Gasteiger charge is 2.18. The van der Waals surface area contributed by atoms with Crippen LogP contribution in [0.3, 0.4) is 0 Å². The molecule has 1 N–H and O–H groups in total. The van der Waals surface area contributed by atoms with E-state index in [-0.39, 0.29) is 30.6 Å². The molecule has 7 heteroatoms. The minimum Gasteiger partial charge on any atom is -0.507 e. The molecule has 7 nitrogen and oxygen atoms in total. The molecule has 0 atom stereocenters. The van der Waals surface area contributed by atoms with Crippen LogP contribution in [0.5, 0.6) is 23.0 Å². The topological polar surface area (TPSA) is 83.5 Å². The third kappa shape index (κ3) is 6.67. The van der Waals surface area contributed by atoms with Gasteiger partial charge in [0.15, 0.2) is 19.4 Å². The third-order valence-corrected chi connectivity index (χ3v) is 3.65. The van der Waals surface area contributed by atoms with Crippen LogP contribution < -0.4 is 14.2 Å². The standard InChI is InChI=1S/C22H24O7/c1-4-11-27-17-8-5-16(6-9-17)7-10-19(23)22-20(24)12-18(28-14-25-2)13-21(22)29-15-26-3/h4-10,12-13,24H,1,11,14-15H2,2-3H3. The molecule has 154 valence electrons. The fourth-order valence-corrected chi connectivity index (χ4v) is 2.36. The van der Waals surface area contributed by atoms with Crippen LogP contribution in [-0.2, 0) is 9.47 Å². The van der Waals surface area contributed by atoms with Gasteiger partial charge in [-0.15, -0.1) is 0 Å². The van der Waals surface area contributed by atoms with Gasteiger partial charge in [-0.25, -0.2) is 0 Å². The Labute approximate surface area is 169 Å². The molecule has 0 spiro atoms. The maximum atomic E-state index is 12.7. The van der Waals surface area contributed by atoms with E-state index in [2.05, 4.69) is 6.58 Å². The van der Waals surface area contributed by atoms with Crippen LogP contribution in [0, 0.1) is 0 Å². The van der Waals surface area contributed by atoms with Crippen LogP contribution in [-0.4, -0.2) is 45.3 Å². The molecule has 0 unspecified atom stereocenters. The maximum Gasteiger partial charge on any atom is 0.193 e. The summed E-state index contributed by atoms with van der Waals surface area (Å²) in [6.45, 7) is 3.91. The van der Waals surface area contributed by atoms with E-state index < -0.39 is 5.78 Å². The summed E-state index contributed by atoms with van der Waals surface area (Å²) < 4.78 is 25.9. The average Bonchev–Trinajstić information content (AvgIpc) is 2.73. The number of aromatic hydroxyl groups is 1. The summed E-state index contributed by atoms with van der Waals surface area (Å²) in [6, 6.07) is 10.0. The first kappa shape index (κ1) is 22.0. The molecule has 0 saturated heterocycles. The number of carbonyl (C=O) groups is 1. The molecule has 0 amide bonds. The normalized spacial score (nSPS) is 10.7. The number of hydrogen-bond donors (Lipinski definition) is 1. The zero-order valence-corrected chi connectivity index (χ0v) is 16.4. The number of ether oxygens (including phenoxy) is 5. The van der Waals surface area contributed by atoms with Crippen molar-refractivity contribution < 1.29 is 33.6 Å². The number of benzene rings is 2. The zero-order chi connectivity index (χ0) is 21.1. The van der Waals surface area contributed by atoms with Crippen molar-refractivity contribution in [3.63, 3.8) is 0 Å². The second-order valence-corrected chi connectivity index (χ2v) is 5.78. The molecule has 0 aliphatic rings. The van der Waals surface area contributed by atoms with E-state index in [4.69, 9.17) is 23.7 Å². The Balaban J connectivity index is 2.21. The summed E-state index contributed by atoms with van der Waals surface area (Å²) >= 11 is 0. The number of carbonyl (C=O) groups excluding carboxylic acids is 1. The third-order valence-electron chi connectivity index (χ3n) is 3.65. The molecule has 0 saturated carbocycles. The van der Waals surface area contributed by atoms with Crippen LogP contribution in [0.15, 0.2) is 55.1 Å². The maximum absolute atomic E-state index is 12.7. The number of allylic oxidation sites excluding steroid dienone is 1. The van der Waals surface area contributed by atoms with Crippen molar-refractivity contribution in [3.05, 3.63) is 66.3 Å². The summed E-state index contributed by atoms with van der Waals surface area (Å²) in [5.74, 6) is 0.436. The van der Waals surface area contributed by atoms with Crippen molar-refractivity contribution in [1.82, 2.24) is 0 Å². The molecule has 0 aliphatic carbocycles. The lowest BCUT2D eigenvalue weighted by Crippen LogP contribution is -2.06. The van der Waals surface area contributed by atoms with Gasteiger partial charge in [0, 0.05) is 26.4 Å². The molecular formula is C22H24O7.